The van der Waals surface area contributed by atoms with Gasteiger partial charge < -0.3 is 4.57 Å². The predicted octanol–water partition coefficient (Wildman–Crippen LogP) is 4.97. The summed E-state index contributed by atoms with van der Waals surface area (Å²) in [5.41, 5.74) is 7.09. The number of thioether (sulfide) groups is 1. The van der Waals surface area contributed by atoms with Gasteiger partial charge in [0.1, 0.15) is 0 Å². The molecule has 0 aliphatic rings. The fourth-order valence-corrected chi connectivity index (χ4v) is 4.84. The fourth-order valence-electron chi connectivity index (χ4n) is 3.35. The van der Waals surface area contributed by atoms with Gasteiger partial charge in [0.15, 0.2) is 4.80 Å². The van der Waals surface area contributed by atoms with Gasteiger partial charge in [0.05, 0.1) is 16.6 Å². The average Bonchev–Trinajstić information content (AvgIpc) is 2.93. The zero-order valence-electron chi connectivity index (χ0n) is 16.6. The largest absolute Gasteiger partial charge is 0.315 e. The first-order valence-electron chi connectivity index (χ1n) is 9.12. The van der Waals surface area contributed by atoms with Crippen LogP contribution >= 0.6 is 23.1 Å². The highest BCUT2D eigenvalue weighted by Gasteiger charge is 2.11. The van der Waals surface area contributed by atoms with Crippen molar-refractivity contribution in [2.45, 2.75) is 40.7 Å². The van der Waals surface area contributed by atoms with Gasteiger partial charge in [-0.15, -0.1) is 0 Å². The topological polar surface area (TPSA) is 34.4 Å². The lowest BCUT2D eigenvalue weighted by Gasteiger charge is -2.06. The summed E-state index contributed by atoms with van der Waals surface area (Å²) < 4.78 is 3.43. The van der Waals surface area contributed by atoms with Crippen LogP contribution in [0.3, 0.4) is 0 Å². The van der Waals surface area contributed by atoms with Gasteiger partial charge in [-0.05, 0) is 62.3 Å². The van der Waals surface area contributed by atoms with E-state index in [0.29, 0.717) is 6.42 Å². The van der Waals surface area contributed by atoms with Crippen LogP contribution in [0.15, 0.2) is 35.3 Å². The third-order valence-electron chi connectivity index (χ3n) is 4.69. The van der Waals surface area contributed by atoms with E-state index in [1.165, 1.54) is 26.9 Å². The highest BCUT2D eigenvalue weighted by atomic mass is 32.2. The van der Waals surface area contributed by atoms with Crippen LogP contribution in [0.5, 0.6) is 0 Å². The molecule has 0 fully saturated rings. The Kier molecular flexibility index (Phi) is 6.22. The summed E-state index contributed by atoms with van der Waals surface area (Å²) in [5, 5.41) is 0. The normalized spacial score (nSPS) is 12.1. The minimum absolute atomic E-state index is 0.0826. The first-order chi connectivity index (χ1) is 12.9. The third kappa shape index (κ3) is 4.53. The van der Waals surface area contributed by atoms with Crippen LogP contribution in [-0.4, -0.2) is 22.5 Å². The Balaban J connectivity index is 2.03. The second-order valence-electron chi connectivity index (χ2n) is 7.07. The summed E-state index contributed by atoms with van der Waals surface area (Å²) in [6.45, 7) is 9.23. The molecule has 1 aromatic heterocycles. The van der Waals surface area contributed by atoms with Crippen molar-refractivity contribution < 1.29 is 4.79 Å². The van der Waals surface area contributed by atoms with E-state index < -0.39 is 0 Å². The number of aryl methyl sites for hydroxylation is 5. The number of nitrogens with zero attached hydrogens (tertiary/aromatic N) is 2. The molecule has 0 radical (unpaired) electrons. The maximum absolute atomic E-state index is 12.7. The van der Waals surface area contributed by atoms with Gasteiger partial charge in [-0.1, -0.05) is 41.2 Å². The Morgan fingerprint density at radius 3 is 2.52 bits per heavy atom. The first-order valence-corrected chi connectivity index (χ1v) is 11.3. The van der Waals surface area contributed by atoms with Crippen molar-refractivity contribution in [3.8, 4) is 0 Å². The standard InChI is InChI=1S/C22H26N2OS2/c1-14-6-7-18(16(3)10-14)13-20(25)23-22-24(8-9-26-5)19-12-15(2)11-17(4)21(19)27-22/h6-7,10-12H,8-9,13H2,1-5H3. The second-order valence-corrected chi connectivity index (χ2v) is 9.03. The van der Waals surface area contributed by atoms with Crippen molar-refractivity contribution in [3.63, 3.8) is 0 Å². The van der Waals surface area contributed by atoms with Gasteiger partial charge in [0, 0.05) is 12.3 Å². The van der Waals surface area contributed by atoms with Crippen molar-refractivity contribution in [2.75, 3.05) is 12.0 Å². The van der Waals surface area contributed by atoms with E-state index in [-0.39, 0.29) is 5.91 Å². The second kappa shape index (κ2) is 8.44. The molecular weight excluding hydrogens is 372 g/mol. The van der Waals surface area contributed by atoms with Crippen LogP contribution in [0.4, 0.5) is 0 Å². The number of benzene rings is 2. The molecule has 0 spiro atoms. The molecule has 0 atom stereocenters. The first kappa shape index (κ1) is 19.9. The molecule has 0 aliphatic heterocycles. The van der Waals surface area contributed by atoms with E-state index >= 15 is 0 Å². The van der Waals surface area contributed by atoms with Crippen LogP contribution in [0, 0.1) is 27.7 Å². The zero-order chi connectivity index (χ0) is 19.6. The SMILES string of the molecule is CSCCn1c(=NC(=O)Cc2ccc(C)cc2C)sc2c(C)cc(C)cc21. The maximum Gasteiger partial charge on any atom is 0.252 e. The van der Waals surface area contributed by atoms with Crippen molar-refractivity contribution in [2.24, 2.45) is 4.99 Å². The maximum atomic E-state index is 12.7. The quantitative estimate of drug-likeness (QED) is 0.608. The van der Waals surface area contributed by atoms with Crippen molar-refractivity contribution in [3.05, 3.63) is 63.0 Å². The number of hydrogen-bond donors (Lipinski definition) is 0. The fraction of sp³-hybridized carbons (Fsp3) is 0.364. The van der Waals surface area contributed by atoms with Crippen LogP contribution in [0.25, 0.3) is 10.2 Å². The summed E-state index contributed by atoms with van der Waals surface area (Å²) in [7, 11) is 0. The molecule has 3 aromatic rings. The molecule has 0 aliphatic carbocycles. The van der Waals surface area contributed by atoms with E-state index in [9.17, 15) is 4.79 Å². The summed E-state index contributed by atoms with van der Waals surface area (Å²) in [6.07, 6.45) is 2.45. The van der Waals surface area contributed by atoms with Gasteiger partial charge in [0.25, 0.3) is 5.91 Å². The van der Waals surface area contributed by atoms with Crippen molar-refractivity contribution in [1.29, 1.82) is 0 Å². The van der Waals surface area contributed by atoms with E-state index in [0.717, 1.165) is 28.2 Å². The van der Waals surface area contributed by atoms with E-state index in [1.54, 1.807) is 11.3 Å². The number of fused-ring (bicyclic) bond motifs is 1. The monoisotopic (exact) mass is 398 g/mol. The summed E-state index contributed by atoms with van der Waals surface area (Å²) in [6, 6.07) is 10.6. The summed E-state index contributed by atoms with van der Waals surface area (Å²) in [5.74, 6) is 0.915. The molecule has 0 unspecified atom stereocenters. The van der Waals surface area contributed by atoms with E-state index in [1.807, 2.05) is 17.8 Å². The molecule has 3 nitrogen and oxygen atoms in total. The molecule has 0 saturated carbocycles. The Hall–Kier alpha value is -1.85. The molecule has 2 aromatic carbocycles. The lowest BCUT2D eigenvalue weighted by molar-refractivity contribution is -0.117. The van der Waals surface area contributed by atoms with Crippen molar-refractivity contribution in [1.82, 2.24) is 4.57 Å². The number of carbonyl (C=O) groups is 1. The van der Waals surface area contributed by atoms with Crippen LogP contribution in [0.1, 0.15) is 27.8 Å². The Bertz CT molecular complexity index is 1060. The Morgan fingerprint density at radius 2 is 1.81 bits per heavy atom. The molecule has 1 amide bonds. The molecule has 27 heavy (non-hydrogen) atoms. The van der Waals surface area contributed by atoms with Gasteiger partial charge in [-0.3, -0.25) is 4.79 Å². The van der Waals surface area contributed by atoms with Gasteiger partial charge in [0.2, 0.25) is 0 Å². The van der Waals surface area contributed by atoms with Crippen molar-refractivity contribution >= 4 is 39.2 Å². The van der Waals surface area contributed by atoms with Crippen LogP contribution in [-0.2, 0) is 17.8 Å². The van der Waals surface area contributed by atoms with Gasteiger partial charge in [-0.2, -0.15) is 16.8 Å². The average molecular weight is 399 g/mol. The number of thiazole rings is 1. The lowest BCUT2D eigenvalue weighted by atomic mass is 10.0. The minimum Gasteiger partial charge on any atom is -0.315 e. The van der Waals surface area contributed by atoms with Gasteiger partial charge >= 0.3 is 0 Å². The molecule has 3 rings (SSSR count). The molecular formula is C22H26N2OS2. The van der Waals surface area contributed by atoms with E-state index in [4.69, 9.17) is 0 Å². The number of amides is 1. The highest BCUT2D eigenvalue weighted by Crippen LogP contribution is 2.23. The van der Waals surface area contributed by atoms with Crippen LogP contribution < -0.4 is 4.80 Å². The highest BCUT2D eigenvalue weighted by molar-refractivity contribution is 7.98. The van der Waals surface area contributed by atoms with Crippen LogP contribution in [0.2, 0.25) is 0 Å². The molecule has 0 bridgehead atoms. The summed E-state index contributed by atoms with van der Waals surface area (Å²) in [4.78, 5) is 18.0. The molecule has 142 valence electrons. The molecule has 0 N–H and O–H groups in total. The third-order valence-corrected chi connectivity index (χ3v) is 6.51. The number of rotatable bonds is 5. The predicted molar refractivity (Wildman–Crippen MR) is 118 cm³/mol. The number of carbonyl (C=O) groups excluding carboxylic acids is 1. The number of hydrogen-bond acceptors (Lipinski definition) is 3. The zero-order valence-corrected chi connectivity index (χ0v) is 18.3. The minimum atomic E-state index is -0.0826. The Morgan fingerprint density at radius 1 is 1.07 bits per heavy atom. The molecule has 1 heterocycles. The molecule has 0 saturated heterocycles. The molecule has 5 heteroatoms. The lowest BCUT2D eigenvalue weighted by Crippen LogP contribution is -2.19. The van der Waals surface area contributed by atoms with E-state index in [2.05, 4.69) is 67.8 Å². The smallest absolute Gasteiger partial charge is 0.252 e. The number of aromatic nitrogens is 1. The Labute approximate surface area is 169 Å². The van der Waals surface area contributed by atoms with Gasteiger partial charge in [-0.25, -0.2) is 0 Å². The summed E-state index contributed by atoms with van der Waals surface area (Å²) >= 11 is 3.43.